The number of hydrogen-bond acceptors (Lipinski definition) is 3. The van der Waals surface area contributed by atoms with E-state index in [1.54, 1.807) is 11.8 Å². The van der Waals surface area contributed by atoms with Crippen molar-refractivity contribution in [1.29, 1.82) is 0 Å². The number of hydrogen-bond donors (Lipinski definition) is 2. The molecule has 1 aliphatic heterocycles. The molecule has 0 amide bonds. The van der Waals surface area contributed by atoms with Gasteiger partial charge >= 0.3 is 5.97 Å². The Morgan fingerprint density at radius 1 is 1.47 bits per heavy atom. The van der Waals surface area contributed by atoms with Gasteiger partial charge in [0.1, 0.15) is 5.60 Å². The van der Waals surface area contributed by atoms with E-state index in [1.165, 1.54) is 0 Å². The van der Waals surface area contributed by atoms with E-state index in [2.05, 4.69) is 0 Å². The molecule has 0 radical (unpaired) electrons. The molecule has 1 aliphatic rings. The third kappa shape index (κ3) is 2.79. The molecule has 4 heteroatoms. The SMILES string of the molecule is CCCCC(C(=O)O)C1(O)CCSc2ccccc21. The summed E-state index contributed by atoms with van der Waals surface area (Å²) in [5, 5.41) is 20.5. The molecule has 2 atom stereocenters. The Kier molecular flexibility index (Phi) is 4.53. The molecule has 1 heterocycles. The van der Waals surface area contributed by atoms with Crippen molar-refractivity contribution in [1.82, 2.24) is 0 Å². The topological polar surface area (TPSA) is 57.5 Å². The second-order valence-electron chi connectivity index (χ2n) is 5.05. The smallest absolute Gasteiger partial charge is 0.309 e. The van der Waals surface area contributed by atoms with Crippen molar-refractivity contribution >= 4 is 17.7 Å². The molecular formula is C15H20O3S. The molecule has 0 bridgehead atoms. The van der Waals surface area contributed by atoms with Gasteiger partial charge in [-0.3, -0.25) is 4.79 Å². The molecule has 0 aliphatic carbocycles. The zero-order valence-corrected chi connectivity index (χ0v) is 11.9. The molecule has 3 nitrogen and oxygen atoms in total. The summed E-state index contributed by atoms with van der Waals surface area (Å²) < 4.78 is 0. The van der Waals surface area contributed by atoms with Crippen LogP contribution in [0.15, 0.2) is 29.2 Å². The quantitative estimate of drug-likeness (QED) is 0.869. The van der Waals surface area contributed by atoms with Crippen LogP contribution in [-0.4, -0.2) is 21.9 Å². The molecule has 1 aromatic carbocycles. The predicted molar refractivity (Wildman–Crippen MR) is 76.3 cm³/mol. The van der Waals surface area contributed by atoms with Gasteiger partial charge in [-0.2, -0.15) is 0 Å². The standard InChI is InChI=1S/C15H20O3S/c1-2-3-6-12(14(16)17)15(18)9-10-19-13-8-5-4-7-11(13)15/h4-5,7-8,12,18H,2-3,6,9-10H2,1H3,(H,16,17). The van der Waals surface area contributed by atoms with Gasteiger partial charge in [-0.05, 0) is 24.5 Å². The number of carbonyl (C=O) groups is 1. The summed E-state index contributed by atoms with van der Waals surface area (Å²) in [7, 11) is 0. The van der Waals surface area contributed by atoms with E-state index in [0.29, 0.717) is 12.8 Å². The van der Waals surface area contributed by atoms with Crippen molar-refractivity contribution in [3.8, 4) is 0 Å². The molecule has 0 aromatic heterocycles. The van der Waals surface area contributed by atoms with Gasteiger partial charge in [0.25, 0.3) is 0 Å². The minimum absolute atomic E-state index is 0.509. The molecule has 2 rings (SSSR count). The van der Waals surface area contributed by atoms with Crippen LogP contribution in [0.1, 0.15) is 38.2 Å². The predicted octanol–water partition coefficient (Wildman–Crippen LogP) is 3.26. The minimum Gasteiger partial charge on any atom is -0.481 e. The van der Waals surface area contributed by atoms with E-state index in [0.717, 1.165) is 29.1 Å². The highest BCUT2D eigenvalue weighted by Crippen LogP contribution is 2.45. The highest BCUT2D eigenvalue weighted by atomic mass is 32.2. The van der Waals surface area contributed by atoms with E-state index in [4.69, 9.17) is 0 Å². The third-order valence-corrected chi connectivity index (χ3v) is 4.89. The highest BCUT2D eigenvalue weighted by Gasteiger charge is 2.45. The third-order valence-electron chi connectivity index (χ3n) is 3.82. The molecule has 104 valence electrons. The maximum atomic E-state index is 11.6. The second-order valence-corrected chi connectivity index (χ2v) is 6.19. The number of benzene rings is 1. The normalized spacial score (nSPS) is 23.7. The van der Waals surface area contributed by atoms with Crippen LogP contribution in [0.25, 0.3) is 0 Å². The van der Waals surface area contributed by atoms with Crippen LogP contribution >= 0.6 is 11.8 Å². The van der Waals surface area contributed by atoms with E-state index in [1.807, 2.05) is 31.2 Å². The number of aliphatic hydroxyl groups is 1. The Balaban J connectivity index is 2.37. The number of carboxylic acids is 1. The summed E-state index contributed by atoms with van der Waals surface area (Å²) in [5.41, 5.74) is -0.433. The van der Waals surface area contributed by atoms with Gasteiger partial charge in [0, 0.05) is 10.6 Å². The Morgan fingerprint density at radius 2 is 2.21 bits per heavy atom. The molecule has 19 heavy (non-hydrogen) atoms. The lowest BCUT2D eigenvalue weighted by Gasteiger charge is -2.38. The average Bonchev–Trinajstić information content (AvgIpc) is 2.39. The van der Waals surface area contributed by atoms with E-state index in [9.17, 15) is 15.0 Å². The van der Waals surface area contributed by atoms with Gasteiger partial charge in [0.05, 0.1) is 5.92 Å². The lowest BCUT2D eigenvalue weighted by Crippen LogP contribution is -2.42. The van der Waals surface area contributed by atoms with Crippen LogP contribution in [-0.2, 0) is 10.4 Å². The van der Waals surface area contributed by atoms with Gasteiger partial charge < -0.3 is 10.2 Å². The number of rotatable bonds is 5. The number of aliphatic carboxylic acids is 1. The fraction of sp³-hybridized carbons (Fsp3) is 0.533. The van der Waals surface area contributed by atoms with Crippen molar-refractivity contribution < 1.29 is 15.0 Å². The molecule has 0 fully saturated rings. The Hall–Kier alpha value is -1.00. The Morgan fingerprint density at radius 3 is 2.89 bits per heavy atom. The van der Waals surface area contributed by atoms with E-state index >= 15 is 0 Å². The zero-order chi connectivity index (χ0) is 13.9. The first-order valence-corrected chi connectivity index (χ1v) is 7.75. The fourth-order valence-electron chi connectivity index (χ4n) is 2.74. The van der Waals surface area contributed by atoms with Crippen molar-refractivity contribution in [3.05, 3.63) is 29.8 Å². The Labute approximate surface area is 118 Å². The summed E-state index contributed by atoms with van der Waals surface area (Å²) in [6.07, 6.45) is 2.81. The molecular weight excluding hydrogens is 260 g/mol. The van der Waals surface area contributed by atoms with Gasteiger partial charge in [0.2, 0.25) is 0 Å². The molecule has 2 unspecified atom stereocenters. The van der Waals surface area contributed by atoms with Gasteiger partial charge in [0.15, 0.2) is 0 Å². The largest absolute Gasteiger partial charge is 0.481 e. The highest BCUT2D eigenvalue weighted by molar-refractivity contribution is 7.99. The second kappa shape index (κ2) is 5.97. The molecule has 2 N–H and O–H groups in total. The Bertz CT molecular complexity index is 460. The summed E-state index contributed by atoms with van der Waals surface area (Å²) >= 11 is 1.69. The van der Waals surface area contributed by atoms with E-state index < -0.39 is 17.5 Å². The van der Waals surface area contributed by atoms with Crippen molar-refractivity contribution in [2.75, 3.05) is 5.75 Å². The van der Waals surface area contributed by atoms with Crippen LogP contribution < -0.4 is 0 Å². The van der Waals surface area contributed by atoms with Crippen LogP contribution in [0.4, 0.5) is 0 Å². The first-order chi connectivity index (χ1) is 9.09. The number of unbranched alkanes of at least 4 members (excludes halogenated alkanes) is 1. The maximum absolute atomic E-state index is 11.6. The minimum atomic E-state index is -1.22. The lowest BCUT2D eigenvalue weighted by atomic mass is 9.76. The molecule has 1 aromatic rings. The van der Waals surface area contributed by atoms with Gasteiger partial charge in [-0.1, -0.05) is 38.0 Å². The summed E-state index contributed by atoms with van der Waals surface area (Å²) in [6.45, 7) is 2.04. The number of fused-ring (bicyclic) bond motifs is 1. The van der Waals surface area contributed by atoms with E-state index in [-0.39, 0.29) is 0 Å². The summed E-state index contributed by atoms with van der Waals surface area (Å²) in [5.74, 6) is -0.837. The summed E-state index contributed by atoms with van der Waals surface area (Å²) in [6, 6.07) is 7.63. The molecule has 0 saturated heterocycles. The lowest BCUT2D eigenvalue weighted by molar-refractivity contribution is -0.154. The average molecular weight is 280 g/mol. The molecule has 0 saturated carbocycles. The van der Waals surface area contributed by atoms with Crippen LogP contribution in [0.5, 0.6) is 0 Å². The van der Waals surface area contributed by atoms with Gasteiger partial charge in [-0.15, -0.1) is 11.8 Å². The van der Waals surface area contributed by atoms with Crippen LogP contribution in [0.3, 0.4) is 0 Å². The van der Waals surface area contributed by atoms with Crippen LogP contribution in [0, 0.1) is 5.92 Å². The fourth-order valence-corrected chi connectivity index (χ4v) is 3.95. The number of thioether (sulfide) groups is 1. The van der Waals surface area contributed by atoms with Crippen molar-refractivity contribution in [3.63, 3.8) is 0 Å². The van der Waals surface area contributed by atoms with Crippen molar-refractivity contribution in [2.45, 2.75) is 43.1 Å². The van der Waals surface area contributed by atoms with Gasteiger partial charge in [-0.25, -0.2) is 0 Å². The summed E-state index contributed by atoms with van der Waals surface area (Å²) in [4.78, 5) is 12.6. The number of carboxylic acid groups (broad SMARTS) is 1. The maximum Gasteiger partial charge on any atom is 0.309 e. The van der Waals surface area contributed by atoms with Crippen molar-refractivity contribution in [2.24, 2.45) is 5.92 Å². The first kappa shape index (κ1) is 14.4. The first-order valence-electron chi connectivity index (χ1n) is 6.77. The zero-order valence-electron chi connectivity index (χ0n) is 11.1. The molecule has 0 spiro atoms. The monoisotopic (exact) mass is 280 g/mol. The van der Waals surface area contributed by atoms with Crippen LogP contribution in [0.2, 0.25) is 0 Å².